The highest BCUT2D eigenvalue weighted by Crippen LogP contribution is 2.43. The summed E-state index contributed by atoms with van der Waals surface area (Å²) in [6, 6.07) is 2.21. The molecule has 0 aliphatic carbocycles. The van der Waals surface area contributed by atoms with Crippen LogP contribution in [0.2, 0.25) is 0 Å². The van der Waals surface area contributed by atoms with E-state index in [1.165, 1.54) is 45.1 Å². The molecule has 3 heteroatoms. The van der Waals surface area contributed by atoms with Crippen LogP contribution in [0.15, 0.2) is 0 Å². The van der Waals surface area contributed by atoms with Gasteiger partial charge in [-0.15, -0.1) is 0 Å². The van der Waals surface area contributed by atoms with Crippen molar-refractivity contribution in [2.75, 3.05) is 20.1 Å². The Balaban J connectivity index is 2.26. The molecular weight excluding hydrogens is 258 g/mol. The number of hydrogen-bond acceptors (Lipinski definition) is 3. The molecule has 0 aromatic rings. The molecule has 2 heterocycles. The van der Waals surface area contributed by atoms with Gasteiger partial charge in [0.15, 0.2) is 0 Å². The van der Waals surface area contributed by atoms with Crippen molar-refractivity contribution in [3.05, 3.63) is 0 Å². The molecule has 2 aliphatic heterocycles. The van der Waals surface area contributed by atoms with Gasteiger partial charge in [0.25, 0.3) is 0 Å². The summed E-state index contributed by atoms with van der Waals surface area (Å²) in [6.07, 6.45) is 7.80. The van der Waals surface area contributed by atoms with Crippen LogP contribution in [0.5, 0.6) is 0 Å². The molecule has 0 aromatic carbocycles. The van der Waals surface area contributed by atoms with Crippen molar-refractivity contribution < 1.29 is 0 Å². The third-order valence-electron chi connectivity index (χ3n) is 6.15. The molecule has 3 nitrogen and oxygen atoms in total. The molecule has 2 unspecified atom stereocenters. The van der Waals surface area contributed by atoms with Crippen LogP contribution in [0, 0.1) is 5.92 Å². The van der Waals surface area contributed by atoms with E-state index in [0.717, 1.165) is 18.6 Å². The molecule has 2 rings (SSSR count). The summed E-state index contributed by atoms with van der Waals surface area (Å²) in [4.78, 5) is 5.46. The van der Waals surface area contributed by atoms with Crippen molar-refractivity contribution in [3.63, 3.8) is 0 Å². The maximum Gasteiger partial charge on any atom is 0.0364 e. The second-order valence-corrected chi connectivity index (χ2v) is 7.90. The Morgan fingerprint density at radius 2 is 1.67 bits per heavy atom. The average Bonchev–Trinajstić information content (AvgIpc) is 2.69. The molecule has 0 radical (unpaired) electrons. The van der Waals surface area contributed by atoms with E-state index < -0.39 is 0 Å². The molecule has 0 amide bonds. The predicted octanol–water partition coefficient (Wildman–Crippen LogP) is 3.09. The van der Waals surface area contributed by atoms with Crippen LogP contribution in [-0.4, -0.2) is 53.6 Å². The Hall–Kier alpha value is -0.120. The Kier molecular flexibility index (Phi) is 5.72. The molecule has 0 saturated carbocycles. The molecular formula is C18H37N3. The second-order valence-electron chi connectivity index (χ2n) is 7.90. The zero-order valence-corrected chi connectivity index (χ0v) is 14.9. The van der Waals surface area contributed by atoms with Crippen molar-refractivity contribution in [3.8, 4) is 0 Å². The average molecular weight is 296 g/mol. The van der Waals surface area contributed by atoms with Crippen LogP contribution in [0.1, 0.15) is 66.2 Å². The molecule has 0 spiro atoms. The summed E-state index contributed by atoms with van der Waals surface area (Å²) in [6.45, 7) is 11.4. The van der Waals surface area contributed by atoms with Crippen molar-refractivity contribution in [2.24, 2.45) is 11.7 Å². The molecule has 2 aliphatic rings. The van der Waals surface area contributed by atoms with E-state index >= 15 is 0 Å². The number of nitrogens with two attached hydrogens (primary N) is 1. The maximum absolute atomic E-state index is 6.40. The fourth-order valence-electron chi connectivity index (χ4n) is 4.91. The predicted molar refractivity (Wildman–Crippen MR) is 91.5 cm³/mol. The third kappa shape index (κ3) is 3.30. The Morgan fingerprint density at radius 1 is 1.14 bits per heavy atom. The van der Waals surface area contributed by atoms with Gasteiger partial charge in [-0.3, -0.25) is 4.90 Å². The first-order valence-corrected chi connectivity index (χ1v) is 9.16. The van der Waals surface area contributed by atoms with Crippen LogP contribution in [0.3, 0.4) is 0 Å². The number of piperidine rings is 1. The number of nitrogens with zero attached hydrogens (tertiary/aromatic N) is 2. The SMILES string of the molecule is CCC(CC)N(CC(C)C)C1(CN)CC2CCC(C1)N2C. The third-order valence-corrected chi connectivity index (χ3v) is 6.15. The van der Waals surface area contributed by atoms with Crippen molar-refractivity contribution in [1.82, 2.24) is 9.80 Å². The van der Waals surface area contributed by atoms with Gasteiger partial charge >= 0.3 is 0 Å². The van der Waals surface area contributed by atoms with Gasteiger partial charge in [-0.05, 0) is 51.5 Å². The van der Waals surface area contributed by atoms with E-state index in [-0.39, 0.29) is 5.54 Å². The van der Waals surface area contributed by atoms with E-state index in [9.17, 15) is 0 Å². The van der Waals surface area contributed by atoms with Gasteiger partial charge in [-0.1, -0.05) is 27.7 Å². The van der Waals surface area contributed by atoms with E-state index in [4.69, 9.17) is 5.73 Å². The van der Waals surface area contributed by atoms with Gasteiger partial charge in [-0.25, -0.2) is 0 Å². The topological polar surface area (TPSA) is 32.5 Å². The zero-order chi connectivity index (χ0) is 15.6. The number of hydrogen-bond donors (Lipinski definition) is 1. The molecule has 2 bridgehead atoms. The van der Waals surface area contributed by atoms with Gasteiger partial charge in [0.2, 0.25) is 0 Å². The van der Waals surface area contributed by atoms with Crippen LogP contribution in [-0.2, 0) is 0 Å². The Morgan fingerprint density at radius 3 is 2.05 bits per heavy atom. The van der Waals surface area contributed by atoms with Crippen molar-refractivity contribution in [2.45, 2.75) is 89.9 Å². The fraction of sp³-hybridized carbons (Fsp3) is 1.00. The largest absolute Gasteiger partial charge is 0.329 e. The summed E-state index contributed by atoms with van der Waals surface area (Å²) in [5.74, 6) is 0.714. The van der Waals surface area contributed by atoms with Crippen LogP contribution in [0.4, 0.5) is 0 Å². The summed E-state index contributed by atoms with van der Waals surface area (Å²) in [7, 11) is 2.33. The lowest BCUT2D eigenvalue weighted by molar-refractivity contribution is -0.0329. The van der Waals surface area contributed by atoms with Gasteiger partial charge < -0.3 is 10.6 Å². The Bertz CT molecular complexity index is 310. The number of rotatable bonds is 7. The molecule has 0 aromatic heterocycles. The smallest absolute Gasteiger partial charge is 0.0364 e. The molecule has 21 heavy (non-hydrogen) atoms. The van der Waals surface area contributed by atoms with Crippen LogP contribution < -0.4 is 5.73 Å². The van der Waals surface area contributed by atoms with E-state index in [2.05, 4.69) is 44.5 Å². The molecule has 2 fully saturated rings. The highest BCUT2D eigenvalue weighted by molar-refractivity contribution is 5.07. The normalized spacial score (nSPS) is 33.6. The summed E-state index contributed by atoms with van der Waals surface area (Å²) in [5.41, 5.74) is 6.65. The first kappa shape index (κ1) is 17.2. The molecule has 2 N–H and O–H groups in total. The lowest BCUT2D eigenvalue weighted by Gasteiger charge is -2.54. The van der Waals surface area contributed by atoms with Gasteiger partial charge in [0.05, 0.1) is 0 Å². The van der Waals surface area contributed by atoms with Gasteiger partial charge in [0, 0.05) is 36.8 Å². The van der Waals surface area contributed by atoms with Gasteiger partial charge in [-0.2, -0.15) is 0 Å². The zero-order valence-electron chi connectivity index (χ0n) is 14.9. The van der Waals surface area contributed by atoms with E-state index in [1.54, 1.807) is 0 Å². The lowest BCUT2D eigenvalue weighted by Crippen LogP contribution is -2.64. The fourth-order valence-corrected chi connectivity index (χ4v) is 4.91. The first-order valence-electron chi connectivity index (χ1n) is 9.16. The van der Waals surface area contributed by atoms with Gasteiger partial charge in [0.1, 0.15) is 0 Å². The molecule has 124 valence electrons. The summed E-state index contributed by atoms with van der Waals surface area (Å²) >= 11 is 0. The van der Waals surface area contributed by atoms with Crippen LogP contribution in [0.25, 0.3) is 0 Å². The van der Waals surface area contributed by atoms with Crippen LogP contribution >= 0.6 is 0 Å². The quantitative estimate of drug-likeness (QED) is 0.783. The van der Waals surface area contributed by atoms with Crippen molar-refractivity contribution in [1.29, 1.82) is 0 Å². The molecule has 2 atom stereocenters. The minimum Gasteiger partial charge on any atom is -0.329 e. The monoisotopic (exact) mass is 295 g/mol. The van der Waals surface area contributed by atoms with E-state index in [1.807, 2.05) is 0 Å². The van der Waals surface area contributed by atoms with E-state index in [0.29, 0.717) is 12.0 Å². The summed E-state index contributed by atoms with van der Waals surface area (Å²) < 4.78 is 0. The standard InChI is InChI=1S/C18H37N3/c1-6-15(7-2)21(12-14(3)4)18(13-19)10-16-8-9-17(11-18)20(16)5/h14-17H,6-13,19H2,1-5H3. The number of fused-ring (bicyclic) bond motifs is 2. The lowest BCUT2D eigenvalue weighted by atomic mass is 9.79. The Labute approximate surface area is 132 Å². The minimum absolute atomic E-state index is 0.249. The minimum atomic E-state index is 0.249. The maximum atomic E-state index is 6.40. The van der Waals surface area contributed by atoms with Crippen molar-refractivity contribution >= 4 is 0 Å². The molecule has 2 saturated heterocycles. The second kappa shape index (κ2) is 6.97. The highest BCUT2D eigenvalue weighted by atomic mass is 15.3. The first-order chi connectivity index (χ1) is 9.97. The highest BCUT2D eigenvalue weighted by Gasteiger charge is 2.50. The summed E-state index contributed by atoms with van der Waals surface area (Å²) in [5, 5.41) is 0.